The Morgan fingerprint density at radius 1 is 0.529 bits per heavy atom. The van der Waals surface area contributed by atoms with Gasteiger partial charge in [-0.15, -0.1) is 0 Å². The number of nitrogens with one attached hydrogen (secondary N) is 2. The van der Waals surface area contributed by atoms with Gasteiger partial charge in [-0.1, -0.05) is 0 Å². The van der Waals surface area contributed by atoms with Crippen molar-refractivity contribution in [1.82, 2.24) is 49.5 Å². The first-order valence-electron chi connectivity index (χ1n) is 23.9. The summed E-state index contributed by atoms with van der Waals surface area (Å²) in [5, 5.41) is 7.28. The summed E-state index contributed by atoms with van der Waals surface area (Å²) in [5.74, 6) is 4.35. The average Bonchev–Trinajstić information content (AvgIpc) is 3.78. The molecule has 0 amide bonds. The van der Waals surface area contributed by atoms with Crippen LogP contribution in [0.4, 0.5) is 0 Å². The third-order valence-corrected chi connectivity index (χ3v) is 13.1. The molecule has 10 heterocycles. The molecule has 18 nitrogen and oxygen atoms in total. The standard InChI is InChI=1S/2C25H31N5O4/c2*1-32-20-14-22-21(28-16-20)3-4-25(31)30(22)10-9-29-7-5-18(6-8-29)26-15-19-13-23-24(17-27-19)34-12-2-11-33-23/h2*3-4,13-14,16-18,26H,2,5-12,15H2,1H3. The van der Waals surface area contributed by atoms with E-state index in [9.17, 15) is 9.59 Å². The lowest BCUT2D eigenvalue weighted by Crippen LogP contribution is -2.43. The Labute approximate surface area is 395 Å². The van der Waals surface area contributed by atoms with Crippen LogP contribution in [0.25, 0.3) is 22.1 Å². The van der Waals surface area contributed by atoms with E-state index in [0.29, 0.717) is 76.2 Å². The second-order valence-electron chi connectivity index (χ2n) is 17.5. The van der Waals surface area contributed by atoms with Crippen molar-refractivity contribution in [2.75, 3.05) is 79.9 Å². The Hall–Kier alpha value is -6.34. The highest BCUT2D eigenvalue weighted by atomic mass is 16.5. The second-order valence-corrected chi connectivity index (χ2v) is 17.5. The zero-order valence-corrected chi connectivity index (χ0v) is 39.1. The highest BCUT2D eigenvalue weighted by molar-refractivity contribution is 5.76. The summed E-state index contributed by atoms with van der Waals surface area (Å²) in [5.41, 5.74) is 5.12. The van der Waals surface area contributed by atoms with Gasteiger partial charge in [0.1, 0.15) is 11.5 Å². The molecule has 4 aliphatic heterocycles. The monoisotopic (exact) mass is 930 g/mol. The number of hydrogen-bond acceptors (Lipinski definition) is 16. The highest BCUT2D eigenvalue weighted by Crippen LogP contribution is 2.30. The lowest BCUT2D eigenvalue weighted by atomic mass is 10.0. The summed E-state index contributed by atoms with van der Waals surface area (Å²) in [6, 6.07) is 15.3. The van der Waals surface area contributed by atoms with E-state index in [0.717, 1.165) is 134 Å². The van der Waals surface area contributed by atoms with Crippen LogP contribution in [-0.2, 0) is 26.2 Å². The van der Waals surface area contributed by atoms with Crippen molar-refractivity contribution >= 4 is 22.1 Å². The van der Waals surface area contributed by atoms with Crippen molar-refractivity contribution in [2.24, 2.45) is 0 Å². The number of rotatable bonds is 14. The fourth-order valence-electron chi connectivity index (χ4n) is 9.10. The normalized spacial score (nSPS) is 17.0. The minimum Gasteiger partial charge on any atom is -0.495 e. The van der Waals surface area contributed by atoms with Gasteiger partial charge in [-0.25, -0.2) is 0 Å². The largest absolute Gasteiger partial charge is 0.495 e. The fourth-order valence-corrected chi connectivity index (χ4v) is 9.10. The van der Waals surface area contributed by atoms with Gasteiger partial charge < -0.3 is 58.0 Å². The van der Waals surface area contributed by atoms with Crippen molar-refractivity contribution in [3.05, 3.63) is 105 Å². The fraction of sp³-hybridized carbons (Fsp3) is 0.480. The topological polar surface area (TPSA) is 181 Å². The van der Waals surface area contributed by atoms with Crippen LogP contribution in [0.3, 0.4) is 0 Å². The second kappa shape index (κ2) is 22.6. The summed E-state index contributed by atoms with van der Waals surface area (Å²) in [6.07, 6.45) is 12.9. The number of likely N-dealkylation sites (tertiary alicyclic amines) is 2. The molecule has 0 radical (unpaired) electrons. The van der Waals surface area contributed by atoms with Gasteiger partial charge >= 0.3 is 0 Å². The molecule has 0 bridgehead atoms. The SMILES string of the molecule is COc1cnc2ccc(=O)n(CCN3CCC(NCc4cc5c(cn4)OCCCO5)CC3)c2c1.COc1cnc2ccc(=O)n(CCN3CCC(NCc4cc5c(cn4)OCCCO5)CC3)c2c1. The van der Waals surface area contributed by atoms with Crippen LogP contribution >= 0.6 is 0 Å². The number of nitrogens with zero attached hydrogens (tertiary/aromatic N) is 8. The van der Waals surface area contributed by atoms with E-state index in [2.05, 4.69) is 40.4 Å². The van der Waals surface area contributed by atoms with Crippen LogP contribution in [0.5, 0.6) is 34.5 Å². The zero-order chi connectivity index (χ0) is 46.7. The van der Waals surface area contributed by atoms with Gasteiger partial charge in [-0.2, -0.15) is 0 Å². The Morgan fingerprint density at radius 3 is 1.35 bits per heavy atom. The van der Waals surface area contributed by atoms with Crippen molar-refractivity contribution in [3.8, 4) is 34.5 Å². The zero-order valence-electron chi connectivity index (χ0n) is 39.1. The first-order valence-corrected chi connectivity index (χ1v) is 23.9. The van der Waals surface area contributed by atoms with Crippen LogP contribution in [0.2, 0.25) is 0 Å². The number of methoxy groups -OCH3 is 2. The molecule has 10 rings (SSSR count). The van der Waals surface area contributed by atoms with Crippen molar-refractivity contribution in [2.45, 2.75) is 76.8 Å². The summed E-state index contributed by atoms with van der Waals surface area (Å²) in [7, 11) is 3.22. The van der Waals surface area contributed by atoms with E-state index in [-0.39, 0.29) is 11.1 Å². The third kappa shape index (κ3) is 11.8. The van der Waals surface area contributed by atoms with Crippen LogP contribution in [0.15, 0.2) is 82.9 Å². The highest BCUT2D eigenvalue weighted by Gasteiger charge is 2.22. The van der Waals surface area contributed by atoms with Crippen LogP contribution in [0, 0.1) is 0 Å². The van der Waals surface area contributed by atoms with Crippen LogP contribution in [-0.4, -0.2) is 131 Å². The van der Waals surface area contributed by atoms with Gasteiger partial charge in [-0.3, -0.25) is 29.5 Å². The summed E-state index contributed by atoms with van der Waals surface area (Å²) in [6.45, 7) is 11.0. The Balaban J connectivity index is 0.000000170. The first-order chi connectivity index (χ1) is 33.4. The molecule has 2 N–H and O–H groups in total. The van der Waals surface area contributed by atoms with Gasteiger partial charge in [0.05, 0.1) is 98.9 Å². The number of piperidine rings is 2. The van der Waals surface area contributed by atoms with Crippen molar-refractivity contribution in [1.29, 1.82) is 0 Å². The molecule has 2 fully saturated rings. The minimum absolute atomic E-state index is 0.0123. The maximum absolute atomic E-state index is 12.5. The molecular weight excluding hydrogens is 869 g/mol. The minimum atomic E-state index is -0.0123. The van der Waals surface area contributed by atoms with E-state index >= 15 is 0 Å². The number of aromatic nitrogens is 6. The predicted octanol–water partition coefficient (Wildman–Crippen LogP) is 4.43. The Kier molecular flexibility index (Phi) is 15.6. The number of fused-ring (bicyclic) bond motifs is 4. The molecule has 360 valence electrons. The molecule has 68 heavy (non-hydrogen) atoms. The molecular formula is C50H62N10O8. The number of ether oxygens (including phenoxy) is 6. The average molecular weight is 931 g/mol. The molecule has 0 saturated carbocycles. The summed E-state index contributed by atoms with van der Waals surface area (Å²) >= 11 is 0. The Morgan fingerprint density at radius 2 is 0.941 bits per heavy atom. The maximum atomic E-state index is 12.5. The molecule has 6 aromatic heterocycles. The summed E-state index contributed by atoms with van der Waals surface area (Å²) in [4.78, 5) is 47.7. The molecule has 0 spiro atoms. The number of hydrogen-bond donors (Lipinski definition) is 2. The molecule has 0 unspecified atom stereocenters. The quantitative estimate of drug-likeness (QED) is 0.156. The predicted molar refractivity (Wildman–Crippen MR) is 257 cm³/mol. The summed E-state index contributed by atoms with van der Waals surface area (Å²) < 4.78 is 37.1. The van der Waals surface area contributed by atoms with Gasteiger partial charge in [0, 0.05) is 101 Å². The maximum Gasteiger partial charge on any atom is 0.251 e. The van der Waals surface area contributed by atoms with E-state index in [4.69, 9.17) is 28.4 Å². The molecule has 0 atom stereocenters. The Bertz CT molecular complexity index is 2570. The molecule has 6 aromatic rings. The molecule has 0 aromatic carbocycles. The van der Waals surface area contributed by atoms with Gasteiger partial charge in [0.25, 0.3) is 11.1 Å². The van der Waals surface area contributed by atoms with Gasteiger partial charge in [0.15, 0.2) is 23.0 Å². The lowest BCUT2D eigenvalue weighted by molar-refractivity contribution is 0.191. The third-order valence-electron chi connectivity index (χ3n) is 13.1. The smallest absolute Gasteiger partial charge is 0.251 e. The molecule has 4 aliphatic rings. The van der Waals surface area contributed by atoms with Gasteiger partial charge in [-0.05, 0) is 64.0 Å². The number of pyridine rings is 6. The van der Waals surface area contributed by atoms with E-state index in [1.54, 1.807) is 72.4 Å². The lowest BCUT2D eigenvalue weighted by Gasteiger charge is -2.32. The van der Waals surface area contributed by atoms with Crippen LogP contribution < -0.4 is 50.2 Å². The molecule has 2 saturated heterocycles. The molecule has 0 aliphatic carbocycles. The van der Waals surface area contributed by atoms with E-state index < -0.39 is 0 Å². The van der Waals surface area contributed by atoms with E-state index in [1.165, 1.54) is 0 Å². The van der Waals surface area contributed by atoms with Crippen molar-refractivity contribution < 1.29 is 28.4 Å². The van der Waals surface area contributed by atoms with E-state index in [1.807, 2.05) is 24.3 Å². The van der Waals surface area contributed by atoms with Crippen molar-refractivity contribution in [3.63, 3.8) is 0 Å². The van der Waals surface area contributed by atoms with Gasteiger partial charge in [0.2, 0.25) is 0 Å². The molecule has 18 heteroatoms. The first kappa shape index (κ1) is 46.8. The van der Waals surface area contributed by atoms with Crippen LogP contribution in [0.1, 0.15) is 49.9 Å².